The average molecular weight is 228 g/mol. The lowest BCUT2D eigenvalue weighted by molar-refractivity contribution is -0.160. The Kier molecular flexibility index (Phi) is 7.30. The Bertz CT molecular complexity index is 231. The molecule has 0 spiro atoms. The van der Waals surface area contributed by atoms with Gasteiger partial charge in [-0.15, -0.1) is 6.58 Å². The predicted molar refractivity (Wildman–Crippen MR) is 66.2 cm³/mol. The highest BCUT2D eigenvalue weighted by Crippen LogP contribution is 2.23. The van der Waals surface area contributed by atoms with Crippen molar-refractivity contribution in [1.82, 2.24) is 0 Å². The minimum absolute atomic E-state index is 0.177. The lowest BCUT2D eigenvalue weighted by atomic mass is 9.92. The molecule has 0 heterocycles. The van der Waals surface area contributed by atoms with Gasteiger partial charge >= 0.3 is 0 Å². The summed E-state index contributed by atoms with van der Waals surface area (Å²) in [4.78, 5) is 0. The quantitative estimate of drug-likeness (QED) is 0.513. The molecule has 3 heteroatoms. The molecule has 94 valence electrons. The summed E-state index contributed by atoms with van der Waals surface area (Å²) >= 11 is 0. The third-order valence-electron chi connectivity index (χ3n) is 2.55. The fourth-order valence-electron chi connectivity index (χ4n) is 1.40. The van der Waals surface area contributed by atoms with Crippen molar-refractivity contribution in [2.75, 3.05) is 13.9 Å². The smallest absolute Gasteiger partial charge is 0.147 e. The Morgan fingerprint density at radius 2 is 2.12 bits per heavy atom. The van der Waals surface area contributed by atoms with E-state index in [1.54, 1.807) is 7.11 Å². The molecule has 0 rings (SSSR count). The van der Waals surface area contributed by atoms with Crippen molar-refractivity contribution in [3.63, 3.8) is 0 Å². The monoisotopic (exact) mass is 228 g/mol. The highest BCUT2D eigenvalue weighted by Gasteiger charge is 2.31. The normalized spacial score (nSPS) is 16.3. The molecule has 0 aromatic heterocycles. The van der Waals surface area contributed by atoms with E-state index in [0.717, 1.165) is 12.8 Å². The van der Waals surface area contributed by atoms with Crippen LogP contribution in [0.15, 0.2) is 24.3 Å². The summed E-state index contributed by atoms with van der Waals surface area (Å²) in [5.41, 5.74) is 0.631. The molecule has 2 unspecified atom stereocenters. The molecule has 0 saturated heterocycles. The fraction of sp³-hybridized carbons (Fsp3) is 0.692. The second-order valence-electron chi connectivity index (χ2n) is 4.36. The minimum atomic E-state index is -0.687. The van der Waals surface area contributed by atoms with Gasteiger partial charge in [-0.2, -0.15) is 0 Å². The molecular weight excluding hydrogens is 204 g/mol. The number of hydrogen-bond acceptors (Lipinski definition) is 3. The van der Waals surface area contributed by atoms with E-state index in [9.17, 15) is 5.11 Å². The lowest BCUT2D eigenvalue weighted by Gasteiger charge is -2.32. The van der Waals surface area contributed by atoms with Crippen molar-refractivity contribution >= 4 is 0 Å². The Morgan fingerprint density at radius 3 is 2.56 bits per heavy atom. The second kappa shape index (κ2) is 7.60. The predicted octanol–water partition coefficient (Wildman–Crippen LogP) is 2.66. The molecule has 1 N–H and O–H groups in total. The first kappa shape index (κ1) is 15.4. The summed E-state index contributed by atoms with van der Waals surface area (Å²) in [5.74, 6) is 0. The topological polar surface area (TPSA) is 38.7 Å². The number of hydrogen-bond donors (Lipinski definition) is 1. The van der Waals surface area contributed by atoms with Gasteiger partial charge in [0.15, 0.2) is 0 Å². The summed E-state index contributed by atoms with van der Waals surface area (Å²) < 4.78 is 10.4. The van der Waals surface area contributed by atoms with Gasteiger partial charge in [0.25, 0.3) is 0 Å². The highest BCUT2D eigenvalue weighted by molar-refractivity contribution is 4.99. The largest absolute Gasteiger partial charge is 0.386 e. The molecule has 0 aliphatic carbocycles. The molecule has 0 radical (unpaired) electrons. The van der Waals surface area contributed by atoms with Gasteiger partial charge in [-0.25, -0.2) is 0 Å². The van der Waals surface area contributed by atoms with Crippen molar-refractivity contribution in [2.45, 2.75) is 45.3 Å². The van der Waals surface area contributed by atoms with Crippen molar-refractivity contribution in [1.29, 1.82) is 0 Å². The van der Waals surface area contributed by atoms with E-state index in [2.05, 4.69) is 26.5 Å². The molecule has 0 amide bonds. The zero-order chi connectivity index (χ0) is 12.6. The second-order valence-corrected chi connectivity index (χ2v) is 4.36. The van der Waals surface area contributed by atoms with Gasteiger partial charge in [-0.05, 0) is 33.6 Å². The fourth-order valence-corrected chi connectivity index (χ4v) is 1.40. The maximum absolute atomic E-state index is 9.85. The van der Waals surface area contributed by atoms with E-state index in [-0.39, 0.29) is 6.79 Å². The van der Waals surface area contributed by atoms with E-state index in [1.165, 1.54) is 11.6 Å². The third-order valence-corrected chi connectivity index (χ3v) is 2.55. The minimum Gasteiger partial charge on any atom is -0.386 e. The van der Waals surface area contributed by atoms with Crippen LogP contribution in [0.1, 0.15) is 33.6 Å². The standard InChI is InChI=1S/C13H24O3/c1-6-12(14)13(4,16-10-15-5)9-7-8-11(2)3/h6,8,12,14H,1,7,9-10H2,2-5H3. The first-order valence-corrected chi connectivity index (χ1v) is 5.53. The van der Waals surface area contributed by atoms with Crippen LogP contribution in [0.3, 0.4) is 0 Å². The Hall–Kier alpha value is -0.640. The molecule has 3 nitrogen and oxygen atoms in total. The van der Waals surface area contributed by atoms with Gasteiger partial charge in [0.05, 0.1) is 5.60 Å². The summed E-state index contributed by atoms with van der Waals surface area (Å²) in [5, 5.41) is 9.85. The third kappa shape index (κ3) is 5.45. The average Bonchev–Trinajstić information content (AvgIpc) is 2.24. The molecule has 16 heavy (non-hydrogen) atoms. The Labute approximate surface area is 98.8 Å². The van der Waals surface area contributed by atoms with Crippen LogP contribution in [0, 0.1) is 0 Å². The van der Waals surface area contributed by atoms with Gasteiger partial charge < -0.3 is 14.6 Å². The van der Waals surface area contributed by atoms with Crippen LogP contribution < -0.4 is 0 Å². The van der Waals surface area contributed by atoms with Crippen LogP contribution in [-0.2, 0) is 9.47 Å². The van der Waals surface area contributed by atoms with Crippen molar-refractivity contribution in [3.05, 3.63) is 24.3 Å². The summed E-state index contributed by atoms with van der Waals surface area (Å²) in [6.07, 6.45) is 4.54. The molecule has 0 aliphatic heterocycles. The number of aliphatic hydroxyl groups is 1. The van der Waals surface area contributed by atoms with Crippen LogP contribution >= 0.6 is 0 Å². The van der Waals surface area contributed by atoms with Gasteiger partial charge in [0.2, 0.25) is 0 Å². The van der Waals surface area contributed by atoms with E-state index in [4.69, 9.17) is 9.47 Å². The number of allylic oxidation sites excluding steroid dienone is 2. The molecule has 0 aromatic carbocycles. The molecule has 0 aliphatic rings. The maximum Gasteiger partial charge on any atom is 0.147 e. The van der Waals surface area contributed by atoms with Crippen LogP contribution in [0.5, 0.6) is 0 Å². The van der Waals surface area contributed by atoms with E-state index in [0.29, 0.717) is 0 Å². The van der Waals surface area contributed by atoms with Crippen LogP contribution in [0.4, 0.5) is 0 Å². The number of aliphatic hydroxyl groups excluding tert-OH is 1. The first-order valence-electron chi connectivity index (χ1n) is 5.53. The van der Waals surface area contributed by atoms with Gasteiger partial charge in [0.1, 0.15) is 12.9 Å². The maximum atomic E-state index is 9.85. The van der Waals surface area contributed by atoms with Crippen LogP contribution in [0.25, 0.3) is 0 Å². The van der Waals surface area contributed by atoms with Gasteiger partial charge in [0, 0.05) is 7.11 Å². The molecule has 0 bridgehead atoms. The SMILES string of the molecule is C=CC(O)C(C)(CCC=C(C)C)OCOC. The van der Waals surface area contributed by atoms with Gasteiger partial charge in [-0.1, -0.05) is 17.7 Å². The molecular formula is C13H24O3. The number of ether oxygens (including phenoxy) is 2. The van der Waals surface area contributed by atoms with Crippen molar-refractivity contribution < 1.29 is 14.6 Å². The van der Waals surface area contributed by atoms with Crippen molar-refractivity contribution in [2.24, 2.45) is 0 Å². The Balaban J connectivity index is 4.40. The zero-order valence-electron chi connectivity index (χ0n) is 10.8. The number of rotatable bonds is 8. The van der Waals surface area contributed by atoms with Crippen LogP contribution in [-0.4, -0.2) is 30.7 Å². The summed E-state index contributed by atoms with van der Waals surface area (Å²) in [7, 11) is 1.57. The zero-order valence-corrected chi connectivity index (χ0v) is 10.8. The van der Waals surface area contributed by atoms with Crippen molar-refractivity contribution in [3.8, 4) is 0 Å². The first-order chi connectivity index (χ1) is 7.46. The number of methoxy groups -OCH3 is 1. The highest BCUT2D eigenvalue weighted by atomic mass is 16.7. The molecule has 0 fully saturated rings. The van der Waals surface area contributed by atoms with E-state index >= 15 is 0 Å². The lowest BCUT2D eigenvalue weighted by Crippen LogP contribution is -2.41. The van der Waals surface area contributed by atoms with Gasteiger partial charge in [-0.3, -0.25) is 0 Å². The summed E-state index contributed by atoms with van der Waals surface area (Å²) in [6, 6.07) is 0. The summed E-state index contributed by atoms with van der Waals surface area (Å²) in [6.45, 7) is 9.75. The molecule has 0 saturated carbocycles. The molecule has 2 atom stereocenters. The molecule has 0 aromatic rings. The van der Waals surface area contributed by atoms with E-state index in [1.807, 2.05) is 6.92 Å². The Morgan fingerprint density at radius 1 is 1.50 bits per heavy atom. The van der Waals surface area contributed by atoms with Crippen LogP contribution in [0.2, 0.25) is 0 Å². The van der Waals surface area contributed by atoms with E-state index < -0.39 is 11.7 Å².